The highest BCUT2D eigenvalue weighted by Gasteiger charge is 2.41. The number of anilines is 2. The quantitative estimate of drug-likeness (QED) is 0.273. The zero-order valence-corrected chi connectivity index (χ0v) is 17.9. The molecule has 0 bridgehead atoms. The van der Waals surface area contributed by atoms with Crippen LogP contribution in [0.2, 0.25) is 0 Å². The maximum Gasteiger partial charge on any atom is 0.201 e. The van der Waals surface area contributed by atoms with Gasteiger partial charge in [0.25, 0.3) is 0 Å². The number of carbonyl (C=O) groups is 2. The normalized spacial score (nSPS) is 12.1. The molecule has 0 aliphatic heterocycles. The van der Waals surface area contributed by atoms with Crippen molar-refractivity contribution in [2.45, 2.75) is 19.8 Å². The number of hydrogen-bond donors (Lipinski definition) is 3. The van der Waals surface area contributed by atoms with E-state index >= 15 is 8.78 Å². The second-order valence-electron chi connectivity index (χ2n) is 7.61. The molecule has 0 atom stereocenters. The van der Waals surface area contributed by atoms with Gasteiger partial charge in [-0.25, -0.2) is 8.78 Å². The molecule has 9 heteroatoms. The lowest BCUT2D eigenvalue weighted by molar-refractivity contribution is 0.0966. The molecule has 0 unspecified atom stereocenters. The molecule has 0 radical (unpaired) electrons. The van der Waals surface area contributed by atoms with Gasteiger partial charge in [-0.15, -0.1) is 0 Å². The third-order valence-corrected chi connectivity index (χ3v) is 5.41. The van der Waals surface area contributed by atoms with E-state index in [2.05, 4.69) is 5.32 Å². The van der Waals surface area contributed by atoms with Crippen LogP contribution < -0.4 is 10.1 Å². The third-order valence-electron chi connectivity index (χ3n) is 5.41. The summed E-state index contributed by atoms with van der Waals surface area (Å²) in [5.41, 5.74) is -3.08. The van der Waals surface area contributed by atoms with E-state index in [1.165, 1.54) is 24.3 Å². The van der Waals surface area contributed by atoms with Crippen LogP contribution in [0.5, 0.6) is 17.2 Å². The van der Waals surface area contributed by atoms with Crippen molar-refractivity contribution in [3.8, 4) is 23.3 Å². The summed E-state index contributed by atoms with van der Waals surface area (Å²) in [4.78, 5) is 26.2. The number of phenolic OH excluding ortho intramolecular Hbond substituents is 2. The van der Waals surface area contributed by atoms with Crippen LogP contribution >= 0.6 is 0 Å². The molecule has 0 saturated carbocycles. The van der Waals surface area contributed by atoms with E-state index in [4.69, 9.17) is 10.00 Å². The molecule has 0 heterocycles. The minimum atomic E-state index is -1.28. The second kappa shape index (κ2) is 8.83. The minimum Gasteiger partial charge on any atom is -0.507 e. The predicted molar refractivity (Wildman–Crippen MR) is 118 cm³/mol. The van der Waals surface area contributed by atoms with Crippen molar-refractivity contribution in [2.75, 3.05) is 11.9 Å². The lowest BCUT2D eigenvalue weighted by atomic mass is 9.82. The van der Waals surface area contributed by atoms with Crippen LogP contribution in [0, 0.1) is 23.0 Å². The fourth-order valence-corrected chi connectivity index (χ4v) is 3.76. The van der Waals surface area contributed by atoms with Gasteiger partial charge in [-0.1, -0.05) is 19.4 Å². The Morgan fingerprint density at radius 2 is 1.59 bits per heavy atom. The number of hydrogen-bond acceptors (Lipinski definition) is 7. The number of ether oxygens (including phenoxy) is 1. The molecule has 0 spiro atoms. The number of halogens is 2. The Morgan fingerprint density at radius 1 is 0.971 bits per heavy atom. The number of fused-ring (bicyclic) bond motifs is 2. The van der Waals surface area contributed by atoms with E-state index in [1.807, 2.05) is 13.0 Å². The fourth-order valence-electron chi connectivity index (χ4n) is 3.76. The molecular weight excluding hydrogens is 446 g/mol. The topological polar surface area (TPSA) is 120 Å². The lowest BCUT2D eigenvalue weighted by Crippen LogP contribution is -2.25. The number of phenols is 2. The van der Waals surface area contributed by atoms with Gasteiger partial charge in [0.15, 0.2) is 17.4 Å². The average molecular weight is 464 g/mol. The molecule has 34 heavy (non-hydrogen) atoms. The Labute approximate surface area is 192 Å². The summed E-state index contributed by atoms with van der Waals surface area (Å²) in [6.07, 6.45) is 1.20. The van der Waals surface area contributed by atoms with E-state index in [-0.39, 0.29) is 17.9 Å². The monoisotopic (exact) mass is 464 g/mol. The Kier molecular flexibility index (Phi) is 5.90. The van der Waals surface area contributed by atoms with Crippen LogP contribution in [-0.2, 0) is 0 Å². The van der Waals surface area contributed by atoms with E-state index in [9.17, 15) is 19.8 Å². The van der Waals surface area contributed by atoms with Crippen molar-refractivity contribution in [3.63, 3.8) is 0 Å². The summed E-state index contributed by atoms with van der Waals surface area (Å²) >= 11 is 0. The maximum absolute atomic E-state index is 15.8. The van der Waals surface area contributed by atoms with Gasteiger partial charge in [0, 0.05) is 5.69 Å². The first-order valence-corrected chi connectivity index (χ1v) is 10.4. The summed E-state index contributed by atoms with van der Waals surface area (Å²) in [5, 5.41) is 32.0. The van der Waals surface area contributed by atoms with Gasteiger partial charge >= 0.3 is 0 Å². The fraction of sp³-hybridized carbons (Fsp3) is 0.160. The van der Waals surface area contributed by atoms with Crippen molar-refractivity contribution < 1.29 is 33.3 Å². The average Bonchev–Trinajstić information content (AvgIpc) is 2.83. The van der Waals surface area contributed by atoms with Gasteiger partial charge in [0.1, 0.15) is 17.2 Å². The first-order valence-electron chi connectivity index (χ1n) is 10.4. The molecule has 0 saturated heterocycles. The highest BCUT2D eigenvalue weighted by atomic mass is 19.1. The van der Waals surface area contributed by atoms with Crippen molar-refractivity contribution in [2.24, 2.45) is 0 Å². The predicted octanol–water partition coefficient (Wildman–Crippen LogP) is 4.95. The van der Waals surface area contributed by atoms with Crippen LogP contribution in [0.15, 0.2) is 36.4 Å². The van der Waals surface area contributed by atoms with Crippen LogP contribution in [-0.4, -0.2) is 28.4 Å². The van der Waals surface area contributed by atoms with E-state index in [0.717, 1.165) is 12.1 Å². The number of ketones is 2. The number of rotatable bonds is 6. The van der Waals surface area contributed by atoms with Crippen molar-refractivity contribution >= 4 is 22.9 Å². The van der Waals surface area contributed by atoms with Crippen LogP contribution in [0.1, 0.15) is 57.2 Å². The SMILES string of the molecule is CCCCOc1c(F)c2c(c(F)c1Nc1cccc(C#N)c1)C(=O)c1c(O)ccc(O)c1C2=O. The molecular formula is C25H18F2N2O5. The smallest absolute Gasteiger partial charge is 0.201 e. The summed E-state index contributed by atoms with van der Waals surface area (Å²) in [6, 6.07) is 9.82. The Morgan fingerprint density at radius 3 is 2.18 bits per heavy atom. The van der Waals surface area contributed by atoms with Crippen LogP contribution in [0.25, 0.3) is 0 Å². The van der Waals surface area contributed by atoms with Crippen molar-refractivity contribution in [3.05, 3.63) is 75.8 Å². The molecule has 3 N–H and O–H groups in total. The minimum absolute atomic E-state index is 0.00330. The molecule has 3 aromatic carbocycles. The van der Waals surface area contributed by atoms with E-state index in [1.54, 1.807) is 0 Å². The van der Waals surface area contributed by atoms with Crippen LogP contribution in [0.3, 0.4) is 0 Å². The summed E-state index contributed by atoms with van der Waals surface area (Å²) in [6.45, 7) is 1.87. The summed E-state index contributed by atoms with van der Waals surface area (Å²) < 4.78 is 37.0. The number of aromatic hydroxyl groups is 2. The first kappa shape index (κ1) is 22.7. The Bertz CT molecular complexity index is 1400. The maximum atomic E-state index is 15.8. The standard InChI is InChI=1S/C25H18F2N2O5/c1-2-3-9-34-25-21(27)19-18(20(26)22(25)29-13-6-4-5-12(10-13)11-28)23(32)16-14(30)7-8-15(31)17(16)24(19)33/h4-8,10,29-31H,2-3,9H2,1H3. The van der Waals surface area contributed by atoms with Gasteiger partial charge in [0.05, 0.1) is 40.5 Å². The van der Waals surface area contributed by atoms with E-state index in [0.29, 0.717) is 12.8 Å². The Hall–Kier alpha value is -4.45. The Balaban J connectivity index is 1.97. The van der Waals surface area contributed by atoms with Gasteiger partial charge in [-0.05, 0) is 36.8 Å². The molecule has 172 valence electrons. The first-order chi connectivity index (χ1) is 16.3. The van der Waals surface area contributed by atoms with Gasteiger partial charge in [-0.2, -0.15) is 5.26 Å². The molecule has 1 aliphatic carbocycles. The summed E-state index contributed by atoms with van der Waals surface area (Å²) in [5.74, 6) is -6.79. The van der Waals surface area contributed by atoms with Crippen LogP contribution in [0.4, 0.5) is 20.2 Å². The lowest BCUT2D eigenvalue weighted by Gasteiger charge is -2.24. The summed E-state index contributed by atoms with van der Waals surface area (Å²) in [7, 11) is 0. The number of nitriles is 1. The highest BCUT2D eigenvalue weighted by Crippen LogP contribution is 2.45. The second-order valence-corrected chi connectivity index (χ2v) is 7.61. The van der Waals surface area contributed by atoms with Gasteiger partial charge in [-0.3, -0.25) is 9.59 Å². The highest BCUT2D eigenvalue weighted by molar-refractivity contribution is 6.31. The molecule has 4 rings (SSSR count). The molecule has 1 aliphatic rings. The molecule has 0 amide bonds. The van der Waals surface area contributed by atoms with Crippen molar-refractivity contribution in [1.82, 2.24) is 0 Å². The number of nitrogens with zero attached hydrogens (tertiary/aromatic N) is 1. The molecule has 7 nitrogen and oxygen atoms in total. The third kappa shape index (κ3) is 3.59. The number of benzene rings is 3. The largest absolute Gasteiger partial charge is 0.507 e. The zero-order chi connectivity index (χ0) is 24.6. The zero-order valence-electron chi connectivity index (χ0n) is 17.9. The van der Waals surface area contributed by atoms with Crippen molar-refractivity contribution in [1.29, 1.82) is 5.26 Å². The van der Waals surface area contributed by atoms with E-state index < -0.39 is 68.4 Å². The van der Waals surface area contributed by atoms with Gasteiger partial charge in [0.2, 0.25) is 11.6 Å². The molecule has 0 fully saturated rings. The number of carbonyl (C=O) groups excluding carboxylic acids is 2. The molecule has 0 aromatic heterocycles. The number of unbranched alkanes of at least 4 members (excludes halogenated alkanes) is 1. The number of nitrogens with one attached hydrogen (secondary N) is 1. The molecule has 3 aromatic rings. The van der Waals surface area contributed by atoms with Gasteiger partial charge < -0.3 is 20.3 Å².